The summed E-state index contributed by atoms with van der Waals surface area (Å²) in [7, 11) is 1.41. The molecule has 3 nitrogen and oxygen atoms in total. The zero-order valence-electron chi connectivity index (χ0n) is 10.8. The Labute approximate surface area is 138 Å². The highest BCUT2D eigenvalue weighted by Crippen LogP contribution is 2.27. The van der Waals surface area contributed by atoms with Crippen molar-refractivity contribution in [2.45, 2.75) is 13.0 Å². The number of thiophene rings is 1. The Morgan fingerprint density at radius 3 is 2.75 bits per heavy atom. The van der Waals surface area contributed by atoms with Gasteiger partial charge >= 0.3 is 5.97 Å². The fourth-order valence-electron chi connectivity index (χ4n) is 1.64. The highest BCUT2D eigenvalue weighted by Gasteiger charge is 2.07. The Morgan fingerprint density at radius 2 is 2.00 bits per heavy atom. The third-order valence-corrected chi connectivity index (χ3v) is 4.91. The van der Waals surface area contributed by atoms with Gasteiger partial charge in [-0.15, -0.1) is 11.3 Å². The van der Waals surface area contributed by atoms with Crippen LogP contribution < -0.4 is 5.32 Å². The van der Waals surface area contributed by atoms with Crippen LogP contribution in [0.5, 0.6) is 0 Å². The van der Waals surface area contributed by atoms with Crippen molar-refractivity contribution in [3.05, 3.63) is 49.0 Å². The minimum Gasteiger partial charge on any atom is -0.469 e. The van der Waals surface area contributed by atoms with Crippen LogP contribution in [0.15, 0.2) is 39.3 Å². The lowest BCUT2D eigenvalue weighted by molar-refractivity contribution is -0.139. The van der Waals surface area contributed by atoms with Crippen molar-refractivity contribution in [2.75, 3.05) is 12.4 Å². The maximum Gasteiger partial charge on any atom is 0.310 e. The van der Waals surface area contributed by atoms with E-state index in [0.717, 1.165) is 26.1 Å². The van der Waals surface area contributed by atoms with E-state index in [2.05, 4.69) is 41.9 Å². The van der Waals surface area contributed by atoms with E-state index in [1.165, 1.54) is 12.0 Å². The topological polar surface area (TPSA) is 38.3 Å². The monoisotopic (exact) mass is 417 g/mol. The Hall–Kier alpha value is -0.850. The summed E-state index contributed by atoms with van der Waals surface area (Å²) in [5, 5.41) is 3.37. The number of halogens is 2. The number of rotatable bonds is 5. The molecule has 2 rings (SSSR count). The molecule has 0 atom stereocenters. The fourth-order valence-corrected chi connectivity index (χ4v) is 3.33. The van der Waals surface area contributed by atoms with E-state index < -0.39 is 0 Å². The van der Waals surface area contributed by atoms with Gasteiger partial charge in [0.05, 0.1) is 13.5 Å². The summed E-state index contributed by atoms with van der Waals surface area (Å²) in [6.45, 7) is 0.723. The third kappa shape index (κ3) is 4.33. The van der Waals surface area contributed by atoms with Crippen LogP contribution in [0.3, 0.4) is 0 Å². The predicted molar refractivity (Wildman–Crippen MR) is 89.2 cm³/mol. The number of carbonyl (C=O) groups excluding carboxylic acids is 1. The molecule has 0 saturated carbocycles. The molecular weight excluding hydrogens is 406 g/mol. The molecule has 0 amide bonds. The normalized spacial score (nSPS) is 10.3. The lowest BCUT2D eigenvalue weighted by atomic mass is 10.3. The molecule has 6 heteroatoms. The molecule has 2 aromatic rings. The lowest BCUT2D eigenvalue weighted by Gasteiger charge is -2.07. The van der Waals surface area contributed by atoms with Gasteiger partial charge in [-0.1, -0.05) is 15.9 Å². The molecule has 0 aliphatic heterocycles. The third-order valence-electron chi connectivity index (χ3n) is 2.65. The number of benzene rings is 1. The van der Waals surface area contributed by atoms with E-state index >= 15 is 0 Å². The second-order valence-electron chi connectivity index (χ2n) is 4.10. The first-order chi connectivity index (χ1) is 9.58. The van der Waals surface area contributed by atoms with Crippen LogP contribution in [0.4, 0.5) is 5.69 Å². The van der Waals surface area contributed by atoms with Crippen molar-refractivity contribution in [1.82, 2.24) is 0 Å². The average Bonchev–Trinajstić information content (AvgIpc) is 2.87. The van der Waals surface area contributed by atoms with Crippen molar-refractivity contribution in [3.8, 4) is 0 Å². The summed E-state index contributed by atoms with van der Waals surface area (Å²) in [6, 6.07) is 9.99. The first-order valence-electron chi connectivity index (χ1n) is 5.92. The van der Waals surface area contributed by atoms with E-state index in [1.807, 2.05) is 30.3 Å². The van der Waals surface area contributed by atoms with E-state index in [1.54, 1.807) is 11.3 Å². The maximum absolute atomic E-state index is 11.2. The molecule has 0 aliphatic rings. The molecule has 0 unspecified atom stereocenters. The summed E-state index contributed by atoms with van der Waals surface area (Å²) in [6.07, 6.45) is 0.335. The molecule has 1 aromatic heterocycles. The van der Waals surface area contributed by atoms with Gasteiger partial charge in [0.2, 0.25) is 0 Å². The molecular formula is C14H13Br2NO2S. The molecule has 106 valence electrons. The largest absolute Gasteiger partial charge is 0.469 e. The molecule has 1 heterocycles. The second kappa shape index (κ2) is 7.24. The second-order valence-corrected chi connectivity index (χ2v) is 7.12. The summed E-state index contributed by atoms with van der Waals surface area (Å²) in [4.78, 5) is 13.4. The van der Waals surface area contributed by atoms with Crippen LogP contribution in [0.25, 0.3) is 0 Å². The Bertz CT molecular complexity index is 613. The summed E-state index contributed by atoms with van der Waals surface area (Å²) >= 11 is 8.58. The van der Waals surface area contributed by atoms with Gasteiger partial charge in [-0.2, -0.15) is 0 Å². The van der Waals surface area contributed by atoms with Crippen LogP contribution in [-0.4, -0.2) is 13.1 Å². The molecule has 0 aliphatic carbocycles. The number of anilines is 1. The van der Waals surface area contributed by atoms with Crippen molar-refractivity contribution in [3.63, 3.8) is 0 Å². The van der Waals surface area contributed by atoms with E-state index in [-0.39, 0.29) is 5.97 Å². The van der Waals surface area contributed by atoms with Gasteiger partial charge in [-0.25, -0.2) is 0 Å². The molecule has 20 heavy (non-hydrogen) atoms. The van der Waals surface area contributed by atoms with Crippen molar-refractivity contribution < 1.29 is 9.53 Å². The first-order valence-corrected chi connectivity index (χ1v) is 8.32. The van der Waals surface area contributed by atoms with Crippen LogP contribution >= 0.6 is 43.2 Å². The summed E-state index contributed by atoms with van der Waals surface area (Å²) in [5.74, 6) is -0.207. The highest BCUT2D eigenvalue weighted by atomic mass is 79.9. The van der Waals surface area contributed by atoms with Crippen LogP contribution in [0.2, 0.25) is 0 Å². The quantitative estimate of drug-likeness (QED) is 0.721. The number of methoxy groups -OCH3 is 1. The van der Waals surface area contributed by atoms with Gasteiger partial charge in [0.15, 0.2) is 0 Å². The van der Waals surface area contributed by atoms with Gasteiger partial charge in [0.1, 0.15) is 0 Å². The van der Waals surface area contributed by atoms with Crippen molar-refractivity contribution in [2.24, 2.45) is 0 Å². The average molecular weight is 419 g/mol. The van der Waals surface area contributed by atoms with Gasteiger partial charge in [0.25, 0.3) is 0 Å². The number of hydrogen-bond donors (Lipinski definition) is 1. The van der Waals surface area contributed by atoms with E-state index in [0.29, 0.717) is 6.42 Å². The molecule has 0 radical (unpaired) electrons. The first kappa shape index (κ1) is 15.5. The van der Waals surface area contributed by atoms with Gasteiger partial charge in [-0.05, 0) is 46.3 Å². The molecule has 1 aromatic carbocycles. The number of carbonyl (C=O) groups is 1. The minimum atomic E-state index is -0.207. The Morgan fingerprint density at radius 1 is 1.25 bits per heavy atom. The van der Waals surface area contributed by atoms with E-state index in [4.69, 9.17) is 0 Å². The molecule has 0 saturated heterocycles. The van der Waals surface area contributed by atoms with E-state index in [9.17, 15) is 4.79 Å². The maximum atomic E-state index is 11.2. The van der Waals surface area contributed by atoms with Crippen molar-refractivity contribution in [1.29, 1.82) is 0 Å². The van der Waals surface area contributed by atoms with Crippen LogP contribution in [-0.2, 0) is 22.5 Å². The smallest absolute Gasteiger partial charge is 0.310 e. The highest BCUT2D eigenvalue weighted by molar-refractivity contribution is 9.11. The summed E-state index contributed by atoms with van der Waals surface area (Å²) in [5.41, 5.74) is 1.03. The zero-order chi connectivity index (χ0) is 14.5. The minimum absolute atomic E-state index is 0.207. The molecule has 0 spiro atoms. The van der Waals surface area contributed by atoms with Gasteiger partial charge < -0.3 is 10.1 Å². The predicted octanol–water partition coefficient (Wildman–Crippen LogP) is 4.60. The molecule has 1 N–H and O–H groups in total. The summed E-state index contributed by atoms with van der Waals surface area (Å²) < 4.78 is 6.71. The Balaban J connectivity index is 1.97. The Kier molecular flexibility index (Phi) is 5.63. The molecule has 0 bridgehead atoms. The lowest BCUT2D eigenvalue weighted by Crippen LogP contribution is -2.02. The van der Waals surface area contributed by atoms with Crippen molar-refractivity contribution >= 4 is 54.9 Å². The standard InChI is InChI=1S/C14H13Br2NO2S/c1-19-14(18)7-10-3-4-11(20-10)8-17-13-6-9(15)2-5-12(13)16/h2-6,17H,7-8H2,1H3. The number of esters is 1. The molecule has 0 fully saturated rings. The van der Waals surface area contributed by atoms with Crippen LogP contribution in [0, 0.1) is 0 Å². The van der Waals surface area contributed by atoms with Gasteiger partial charge in [-0.3, -0.25) is 4.79 Å². The van der Waals surface area contributed by atoms with Gasteiger partial charge in [0, 0.05) is 30.9 Å². The zero-order valence-corrected chi connectivity index (χ0v) is 14.8. The number of hydrogen-bond acceptors (Lipinski definition) is 4. The van der Waals surface area contributed by atoms with Crippen LogP contribution in [0.1, 0.15) is 9.75 Å². The number of ether oxygens (including phenoxy) is 1. The number of nitrogens with one attached hydrogen (secondary N) is 1. The fraction of sp³-hybridized carbons (Fsp3) is 0.214. The SMILES string of the molecule is COC(=O)Cc1ccc(CNc2cc(Br)ccc2Br)s1.